The summed E-state index contributed by atoms with van der Waals surface area (Å²) >= 11 is 8.35. The van der Waals surface area contributed by atoms with Gasteiger partial charge < -0.3 is 10.6 Å². The lowest BCUT2D eigenvalue weighted by atomic mass is 9.83. The number of pyridine rings is 1. The summed E-state index contributed by atoms with van der Waals surface area (Å²) in [5.74, 6) is 1.25. The van der Waals surface area contributed by atoms with E-state index in [1.54, 1.807) is 0 Å². The minimum atomic E-state index is -0.218. The van der Waals surface area contributed by atoms with Crippen molar-refractivity contribution in [2.45, 2.75) is 71.3 Å². The SMILES string of the molecule is CC(C)c1cc(C(C)C)c(C2=C(Cl)SC(N)N2Cc2ccccn2)c(C(C)C)c1. The van der Waals surface area contributed by atoms with E-state index in [0.29, 0.717) is 24.3 Å². The number of nitrogens with two attached hydrogens (primary N) is 1. The van der Waals surface area contributed by atoms with Gasteiger partial charge in [-0.05, 0) is 46.6 Å². The highest BCUT2D eigenvalue weighted by Gasteiger charge is 2.34. The molecule has 1 aliphatic heterocycles. The summed E-state index contributed by atoms with van der Waals surface area (Å²) in [6.07, 6.45) is 1.82. The fourth-order valence-electron chi connectivity index (χ4n) is 3.77. The molecule has 0 spiro atoms. The molecule has 0 saturated carbocycles. The third-order valence-corrected chi connectivity index (χ3v) is 6.77. The minimum Gasteiger partial charge on any atom is -0.339 e. The minimum absolute atomic E-state index is 0.218. The highest BCUT2D eigenvalue weighted by Crippen LogP contribution is 2.48. The van der Waals surface area contributed by atoms with E-state index in [0.717, 1.165) is 15.8 Å². The smallest absolute Gasteiger partial charge is 0.131 e. The second-order valence-electron chi connectivity index (χ2n) is 8.62. The maximum Gasteiger partial charge on any atom is 0.131 e. The second kappa shape index (κ2) is 9.11. The van der Waals surface area contributed by atoms with Crippen molar-refractivity contribution < 1.29 is 0 Å². The molecule has 156 valence electrons. The van der Waals surface area contributed by atoms with Crippen molar-refractivity contribution in [1.29, 1.82) is 0 Å². The van der Waals surface area contributed by atoms with E-state index >= 15 is 0 Å². The molecule has 0 saturated heterocycles. The quantitative estimate of drug-likeness (QED) is 0.547. The summed E-state index contributed by atoms with van der Waals surface area (Å²) in [6, 6.07) is 10.7. The molecule has 1 aliphatic rings. The zero-order valence-corrected chi connectivity index (χ0v) is 19.8. The largest absolute Gasteiger partial charge is 0.339 e. The van der Waals surface area contributed by atoms with E-state index in [9.17, 15) is 0 Å². The monoisotopic (exact) mass is 429 g/mol. The predicted molar refractivity (Wildman–Crippen MR) is 127 cm³/mol. The van der Waals surface area contributed by atoms with E-state index in [1.165, 1.54) is 34.0 Å². The van der Waals surface area contributed by atoms with Crippen LogP contribution in [0, 0.1) is 0 Å². The fraction of sp³-hybridized carbons (Fsp3) is 0.458. The molecule has 1 aromatic carbocycles. The van der Waals surface area contributed by atoms with Crippen molar-refractivity contribution in [3.05, 3.63) is 68.8 Å². The average molecular weight is 430 g/mol. The van der Waals surface area contributed by atoms with Crippen LogP contribution in [-0.4, -0.2) is 15.4 Å². The molecule has 1 unspecified atom stereocenters. The van der Waals surface area contributed by atoms with Gasteiger partial charge in [-0.15, -0.1) is 0 Å². The van der Waals surface area contributed by atoms with Crippen LogP contribution in [0.2, 0.25) is 0 Å². The molecule has 1 atom stereocenters. The molecule has 0 aliphatic carbocycles. The second-order valence-corrected chi connectivity index (χ2v) is 10.3. The topological polar surface area (TPSA) is 42.1 Å². The molecule has 2 aromatic rings. The van der Waals surface area contributed by atoms with Crippen molar-refractivity contribution in [2.75, 3.05) is 0 Å². The molecular weight excluding hydrogens is 398 g/mol. The van der Waals surface area contributed by atoms with Crippen LogP contribution in [0.15, 0.2) is 40.9 Å². The van der Waals surface area contributed by atoms with Crippen molar-refractivity contribution in [3.8, 4) is 0 Å². The van der Waals surface area contributed by atoms with Crippen LogP contribution in [0.4, 0.5) is 0 Å². The third kappa shape index (κ3) is 4.65. The molecule has 2 heterocycles. The molecule has 0 bridgehead atoms. The molecule has 3 nitrogen and oxygen atoms in total. The molecule has 0 fully saturated rings. The Bertz CT molecular complexity index is 861. The maximum atomic E-state index is 6.82. The molecule has 5 heteroatoms. The van der Waals surface area contributed by atoms with Crippen molar-refractivity contribution >= 4 is 29.1 Å². The number of halogens is 1. The van der Waals surface area contributed by atoms with Crippen molar-refractivity contribution in [1.82, 2.24) is 9.88 Å². The van der Waals surface area contributed by atoms with Crippen LogP contribution in [0.25, 0.3) is 5.70 Å². The first-order valence-electron chi connectivity index (χ1n) is 10.4. The number of nitrogens with zero attached hydrogens (tertiary/aromatic N) is 2. The Labute approximate surface area is 184 Å². The number of hydrogen-bond acceptors (Lipinski definition) is 4. The van der Waals surface area contributed by atoms with Gasteiger partial charge in [0.25, 0.3) is 0 Å². The Kier molecular flexibility index (Phi) is 6.98. The lowest BCUT2D eigenvalue weighted by molar-refractivity contribution is 0.374. The van der Waals surface area contributed by atoms with Crippen LogP contribution < -0.4 is 5.73 Å². The van der Waals surface area contributed by atoms with E-state index in [4.69, 9.17) is 17.3 Å². The molecule has 3 rings (SSSR count). The summed E-state index contributed by atoms with van der Waals surface area (Å²) in [5, 5.41) is 0. The maximum absolute atomic E-state index is 6.82. The first kappa shape index (κ1) is 22.2. The van der Waals surface area contributed by atoms with Gasteiger partial charge in [0, 0.05) is 11.8 Å². The zero-order valence-electron chi connectivity index (χ0n) is 18.2. The Morgan fingerprint density at radius 2 is 1.66 bits per heavy atom. The molecule has 2 N–H and O–H groups in total. The summed E-state index contributed by atoms with van der Waals surface area (Å²) in [7, 11) is 0. The predicted octanol–water partition coefficient (Wildman–Crippen LogP) is 6.81. The molecular formula is C24H32ClN3S. The van der Waals surface area contributed by atoms with Crippen LogP contribution >= 0.6 is 23.4 Å². The van der Waals surface area contributed by atoms with E-state index in [2.05, 4.69) is 63.6 Å². The molecule has 29 heavy (non-hydrogen) atoms. The van der Waals surface area contributed by atoms with Gasteiger partial charge in [0.1, 0.15) is 9.86 Å². The summed E-state index contributed by atoms with van der Waals surface area (Å²) in [6.45, 7) is 14.2. The van der Waals surface area contributed by atoms with Gasteiger partial charge in [-0.25, -0.2) is 0 Å². The van der Waals surface area contributed by atoms with Crippen LogP contribution in [0.3, 0.4) is 0 Å². The van der Waals surface area contributed by atoms with Gasteiger partial charge in [0.05, 0.1) is 17.9 Å². The first-order chi connectivity index (χ1) is 13.7. The number of benzene rings is 1. The van der Waals surface area contributed by atoms with Crippen molar-refractivity contribution in [2.24, 2.45) is 5.73 Å². The number of hydrogen-bond donors (Lipinski definition) is 1. The number of aromatic nitrogens is 1. The zero-order chi connectivity index (χ0) is 21.3. The number of thioether (sulfide) groups is 1. The number of rotatable bonds is 6. The van der Waals surface area contributed by atoms with E-state index < -0.39 is 0 Å². The van der Waals surface area contributed by atoms with Crippen LogP contribution in [0.1, 0.15) is 87.2 Å². The van der Waals surface area contributed by atoms with Crippen LogP contribution in [0.5, 0.6) is 0 Å². The Morgan fingerprint density at radius 1 is 1.03 bits per heavy atom. The highest BCUT2D eigenvalue weighted by molar-refractivity contribution is 8.05. The first-order valence-corrected chi connectivity index (χ1v) is 11.6. The highest BCUT2D eigenvalue weighted by atomic mass is 35.5. The molecule has 0 radical (unpaired) electrons. The Balaban J connectivity index is 2.19. The van der Waals surface area contributed by atoms with Gasteiger partial charge in [0.15, 0.2) is 0 Å². The Morgan fingerprint density at radius 3 is 2.14 bits per heavy atom. The molecule has 1 aromatic heterocycles. The van der Waals surface area contributed by atoms with Gasteiger partial charge in [-0.1, -0.05) is 83.1 Å². The normalized spacial score (nSPS) is 17.3. The average Bonchev–Trinajstić information content (AvgIpc) is 2.94. The lowest BCUT2D eigenvalue weighted by Crippen LogP contribution is -2.35. The summed E-state index contributed by atoms with van der Waals surface area (Å²) in [5.41, 5.74) is 13.6. The third-order valence-electron chi connectivity index (χ3n) is 5.43. The van der Waals surface area contributed by atoms with Gasteiger partial charge in [-0.3, -0.25) is 4.98 Å². The fourth-order valence-corrected chi connectivity index (χ4v) is 5.10. The van der Waals surface area contributed by atoms with Gasteiger partial charge in [0.2, 0.25) is 0 Å². The van der Waals surface area contributed by atoms with Crippen molar-refractivity contribution in [3.63, 3.8) is 0 Å². The van der Waals surface area contributed by atoms with Gasteiger partial charge in [-0.2, -0.15) is 0 Å². The summed E-state index contributed by atoms with van der Waals surface area (Å²) in [4.78, 5) is 6.72. The lowest BCUT2D eigenvalue weighted by Gasteiger charge is -2.31. The standard InChI is InChI=1S/C24H32ClN3S/c1-14(2)17-11-19(15(3)4)21(20(12-17)16(5)6)22-23(25)29-24(26)28(22)13-18-9-7-8-10-27-18/h7-12,14-16,24H,13,26H2,1-6H3. The van der Waals surface area contributed by atoms with E-state index in [-0.39, 0.29) is 5.50 Å². The van der Waals surface area contributed by atoms with Gasteiger partial charge >= 0.3 is 0 Å². The van der Waals surface area contributed by atoms with Crippen LogP contribution in [-0.2, 0) is 6.54 Å². The molecule has 0 amide bonds. The van der Waals surface area contributed by atoms with E-state index in [1.807, 2.05) is 24.4 Å². The summed E-state index contributed by atoms with van der Waals surface area (Å²) < 4.78 is 0.773. The Hall–Kier alpha value is -1.49.